The van der Waals surface area contributed by atoms with Gasteiger partial charge in [0.25, 0.3) is 11.8 Å². The summed E-state index contributed by atoms with van der Waals surface area (Å²) in [4.78, 5) is 27.7. The summed E-state index contributed by atoms with van der Waals surface area (Å²) in [6.45, 7) is 0. The van der Waals surface area contributed by atoms with Gasteiger partial charge in [-0.15, -0.1) is 5.10 Å². The first-order valence-electron chi connectivity index (χ1n) is 7.70. The Morgan fingerprint density at radius 3 is 2.25 bits per heavy atom. The van der Waals surface area contributed by atoms with E-state index in [0.717, 1.165) is 4.47 Å². The fraction of sp³-hybridized carbons (Fsp3) is 0.0588. The lowest BCUT2D eigenvalue weighted by atomic mass is 10.1. The Hall–Kier alpha value is -3.21. The van der Waals surface area contributed by atoms with Crippen LogP contribution < -0.4 is 10.6 Å². The number of hydrogen-bond acceptors (Lipinski definition) is 4. The van der Waals surface area contributed by atoms with Crippen molar-refractivity contribution in [3.63, 3.8) is 0 Å². The zero-order valence-electron chi connectivity index (χ0n) is 13.8. The van der Waals surface area contributed by atoms with Gasteiger partial charge in [-0.05, 0) is 36.4 Å². The van der Waals surface area contributed by atoms with E-state index < -0.39 is 23.9 Å². The highest BCUT2D eigenvalue weighted by molar-refractivity contribution is 9.10. The van der Waals surface area contributed by atoms with Gasteiger partial charge in [-0.3, -0.25) is 20.0 Å². The molecule has 0 aliphatic rings. The fourth-order valence-electron chi connectivity index (χ4n) is 2.19. The van der Waals surface area contributed by atoms with Gasteiger partial charge < -0.3 is 5.32 Å². The molecule has 1 aromatic heterocycles. The number of hydrogen-bond donors (Lipinski definition) is 3. The van der Waals surface area contributed by atoms with E-state index in [2.05, 4.69) is 36.6 Å². The van der Waals surface area contributed by atoms with E-state index in [4.69, 9.17) is 0 Å². The van der Waals surface area contributed by atoms with Crippen molar-refractivity contribution in [2.24, 2.45) is 0 Å². The molecule has 7 nitrogen and oxygen atoms in total. The Bertz CT molecular complexity index is 1040. The number of H-pyrrole nitrogens is 1. The molecule has 1 heterocycles. The molecule has 0 aliphatic carbocycles. The average molecular weight is 454 g/mol. The number of benzene rings is 2. The number of rotatable bonds is 4. The fourth-order valence-corrected chi connectivity index (χ4v) is 2.59. The molecule has 0 saturated heterocycles. The lowest BCUT2D eigenvalue weighted by molar-refractivity contribution is -0.144. The molecular weight excluding hydrogens is 443 g/mol. The van der Waals surface area contributed by atoms with Gasteiger partial charge in [0.05, 0.1) is 0 Å². The normalized spacial score (nSPS) is 11.1. The van der Waals surface area contributed by atoms with Crippen LogP contribution in [0.1, 0.15) is 26.5 Å². The van der Waals surface area contributed by atoms with Gasteiger partial charge in [-0.1, -0.05) is 28.1 Å². The predicted octanol–water partition coefficient (Wildman–Crippen LogP) is 4.09. The Balaban J connectivity index is 1.71. The first-order valence-corrected chi connectivity index (χ1v) is 8.49. The van der Waals surface area contributed by atoms with E-state index in [1.807, 2.05) is 0 Å². The third kappa shape index (κ3) is 4.74. The molecule has 0 atom stereocenters. The van der Waals surface area contributed by atoms with E-state index in [1.54, 1.807) is 35.4 Å². The van der Waals surface area contributed by atoms with E-state index in [1.165, 1.54) is 18.2 Å². The van der Waals surface area contributed by atoms with Crippen molar-refractivity contribution in [2.45, 2.75) is 6.18 Å². The minimum absolute atomic E-state index is 0.102. The third-order valence-electron chi connectivity index (χ3n) is 3.45. The minimum Gasteiger partial charge on any atom is -0.322 e. The van der Waals surface area contributed by atoms with Gasteiger partial charge in [-0.25, -0.2) is 0 Å². The number of halogens is 4. The number of nitrogens with one attached hydrogen (secondary N) is 3. The monoisotopic (exact) mass is 453 g/mol. The average Bonchev–Trinajstić information content (AvgIpc) is 3.11. The number of aromatic amines is 1. The second kappa shape index (κ2) is 7.80. The Morgan fingerprint density at radius 2 is 1.61 bits per heavy atom. The highest BCUT2D eigenvalue weighted by Gasteiger charge is 2.35. The summed E-state index contributed by atoms with van der Waals surface area (Å²) in [6.07, 6.45) is -4.70. The number of aromatic nitrogens is 3. The highest BCUT2D eigenvalue weighted by Crippen LogP contribution is 2.26. The molecule has 3 N–H and O–H groups in total. The molecule has 144 valence electrons. The first kappa shape index (κ1) is 19.5. The molecule has 0 saturated carbocycles. The molecule has 0 fully saturated rings. The van der Waals surface area contributed by atoms with Crippen molar-refractivity contribution in [3.05, 3.63) is 70.0 Å². The van der Waals surface area contributed by atoms with Gasteiger partial charge in [0.2, 0.25) is 11.8 Å². The Morgan fingerprint density at radius 1 is 0.964 bits per heavy atom. The molecule has 3 aromatic rings. The van der Waals surface area contributed by atoms with E-state index in [9.17, 15) is 22.8 Å². The summed E-state index contributed by atoms with van der Waals surface area (Å²) in [7, 11) is 0. The lowest BCUT2D eigenvalue weighted by Gasteiger charge is -2.07. The molecule has 28 heavy (non-hydrogen) atoms. The van der Waals surface area contributed by atoms with Crippen LogP contribution in [0.3, 0.4) is 0 Å². The number of carbonyl (C=O) groups is 2. The Labute approximate surface area is 164 Å². The van der Waals surface area contributed by atoms with E-state index >= 15 is 0 Å². The minimum atomic E-state index is -4.70. The number of anilines is 2. The van der Waals surface area contributed by atoms with Gasteiger partial charge in [0.15, 0.2) is 0 Å². The van der Waals surface area contributed by atoms with Crippen LogP contribution in [0, 0.1) is 0 Å². The van der Waals surface area contributed by atoms with Crippen LogP contribution in [0.2, 0.25) is 0 Å². The zero-order valence-corrected chi connectivity index (χ0v) is 15.4. The van der Waals surface area contributed by atoms with Crippen LogP contribution in [-0.2, 0) is 6.18 Å². The topological polar surface area (TPSA) is 99.8 Å². The summed E-state index contributed by atoms with van der Waals surface area (Å²) >= 11 is 3.27. The number of carbonyl (C=O) groups excluding carboxylic acids is 2. The van der Waals surface area contributed by atoms with Gasteiger partial charge in [0.1, 0.15) is 0 Å². The summed E-state index contributed by atoms with van der Waals surface area (Å²) < 4.78 is 38.3. The molecule has 0 aliphatic heterocycles. The summed E-state index contributed by atoms with van der Waals surface area (Å²) in [5.41, 5.74) is 0.846. The van der Waals surface area contributed by atoms with Crippen LogP contribution >= 0.6 is 15.9 Å². The van der Waals surface area contributed by atoms with Crippen molar-refractivity contribution < 1.29 is 22.8 Å². The molecule has 3 rings (SSSR count). The summed E-state index contributed by atoms with van der Waals surface area (Å²) in [5.74, 6) is -2.95. The van der Waals surface area contributed by atoms with Gasteiger partial charge in [-0.2, -0.15) is 18.2 Å². The molecule has 11 heteroatoms. The lowest BCUT2D eigenvalue weighted by Crippen LogP contribution is -2.15. The zero-order chi connectivity index (χ0) is 20.3. The smallest absolute Gasteiger partial charge is 0.322 e. The van der Waals surface area contributed by atoms with Crippen molar-refractivity contribution in [1.82, 2.24) is 15.2 Å². The summed E-state index contributed by atoms with van der Waals surface area (Å²) in [5, 5.41) is 9.81. The molecular formula is C17H11BrF3N5O2. The largest absolute Gasteiger partial charge is 0.451 e. The molecule has 0 spiro atoms. The standard InChI is InChI=1S/C17H11BrF3N5O2/c18-11-5-1-3-9(7-11)13(27)22-12-6-2-4-10(8-12)14(28)23-16-24-15(25-26-16)17(19,20)21/h1-8H,(H,22,27)(H2,23,24,25,26,28). The summed E-state index contributed by atoms with van der Waals surface area (Å²) in [6, 6.07) is 12.6. The van der Waals surface area contributed by atoms with Gasteiger partial charge >= 0.3 is 6.18 Å². The maximum Gasteiger partial charge on any atom is 0.451 e. The maximum absolute atomic E-state index is 12.5. The number of nitrogens with zero attached hydrogens (tertiary/aromatic N) is 2. The van der Waals surface area contributed by atoms with Crippen LogP contribution in [-0.4, -0.2) is 27.0 Å². The van der Waals surface area contributed by atoms with Gasteiger partial charge in [0, 0.05) is 21.3 Å². The Kier molecular flexibility index (Phi) is 5.45. The SMILES string of the molecule is O=C(Nc1cccc(C(=O)Nc2n[nH]c(C(F)(F)F)n2)c1)c1cccc(Br)c1. The van der Waals surface area contributed by atoms with Crippen LogP contribution in [0.5, 0.6) is 0 Å². The molecule has 0 bridgehead atoms. The van der Waals surface area contributed by atoms with Crippen molar-refractivity contribution in [3.8, 4) is 0 Å². The molecule has 2 aromatic carbocycles. The van der Waals surface area contributed by atoms with Crippen molar-refractivity contribution in [1.29, 1.82) is 0 Å². The van der Waals surface area contributed by atoms with Crippen LogP contribution in [0.4, 0.5) is 24.8 Å². The van der Waals surface area contributed by atoms with E-state index in [-0.39, 0.29) is 11.5 Å². The molecule has 2 amide bonds. The highest BCUT2D eigenvalue weighted by atomic mass is 79.9. The molecule has 0 radical (unpaired) electrons. The second-order valence-corrected chi connectivity index (χ2v) is 6.42. The quantitative estimate of drug-likeness (QED) is 0.553. The third-order valence-corrected chi connectivity index (χ3v) is 3.94. The maximum atomic E-state index is 12.5. The predicted molar refractivity (Wildman–Crippen MR) is 97.9 cm³/mol. The van der Waals surface area contributed by atoms with Crippen LogP contribution in [0.15, 0.2) is 53.0 Å². The van der Waals surface area contributed by atoms with E-state index in [0.29, 0.717) is 11.3 Å². The first-order chi connectivity index (χ1) is 13.2. The number of alkyl halides is 3. The number of amides is 2. The van der Waals surface area contributed by atoms with Crippen molar-refractivity contribution >= 4 is 39.4 Å². The second-order valence-electron chi connectivity index (χ2n) is 5.50. The molecule has 0 unspecified atom stereocenters. The van der Waals surface area contributed by atoms with Crippen LogP contribution in [0.25, 0.3) is 0 Å². The van der Waals surface area contributed by atoms with Crippen molar-refractivity contribution in [2.75, 3.05) is 10.6 Å².